The first kappa shape index (κ1) is 19.0. The molecule has 2 aromatic carbocycles. The van der Waals surface area contributed by atoms with Crippen molar-refractivity contribution >= 4 is 39.8 Å². The first-order valence-electron chi connectivity index (χ1n) is 10.1. The Morgan fingerprint density at radius 3 is 2.57 bits per heavy atom. The largest absolute Gasteiger partial charge is 0.348 e. The van der Waals surface area contributed by atoms with Crippen LogP contribution in [0.3, 0.4) is 0 Å². The average Bonchev–Trinajstić information content (AvgIpc) is 3.15. The van der Waals surface area contributed by atoms with Crippen LogP contribution >= 0.6 is 11.8 Å². The van der Waals surface area contributed by atoms with Gasteiger partial charge in [0.1, 0.15) is 0 Å². The van der Waals surface area contributed by atoms with E-state index in [0.717, 1.165) is 54.4 Å². The Hall–Kier alpha value is -2.96. The zero-order valence-electron chi connectivity index (χ0n) is 16.6. The first-order chi connectivity index (χ1) is 14.7. The predicted octanol–water partition coefficient (Wildman–Crippen LogP) is 4.02. The number of amides is 1. The number of carbonyl (C=O) groups excluding carboxylic acids is 1. The Balaban J connectivity index is 1.22. The molecule has 150 valence electrons. The number of piperazine rings is 1. The Bertz CT molecular complexity index is 1130. The molecule has 2 aliphatic rings. The van der Waals surface area contributed by atoms with Gasteiger partial charge in [0.15, 0.2) is 5.17 Å². The molecule has 3 aromatic rings. The highest BCUT2D eigenvalue weighted by molar-refractivity contribution is 8.18. The van der Waals surface area contributed by atoms with Gasteiger partial charge in [0, 0.05) is 44.3 Å². The van der Waals surface area contributed by atoms with Gasteiger partial charge < -0.3 is 4.90 Å². The number of para-hydroxylation sites is 1. The molecule has 1 fully saturated rings. The van der Waals surface area contributed by atoms with E-state index in [-0.39, 0.29) is 5.91 Å². The molecule has 2 aliphatic heterocycles. The molecule has 0 bridgehead atoms. The highest BCUT2D eigenvalue weighted by Gasteiger charge is 2.28. The Kier molecular flexibility index (Phi) is 5.34. The maximum Gasteiger partial charge on any atom is 0.286 e. The lowest BCUT2D eigenvalue weighted by Crippen LogP contribution is -2.47. The second kappa shape index (κ2) is 8.42. The van der Waals surface area contributed by atoms with E-state index in [1.165, 1.54) is 17.3 Å². The van der Waals surface area contributed by atoms with E-state index in [1.54, 1.807) is 0 Å². The summed E-state index contributed by atoms with van der Waals surface area (Å²) in [6.45, 7) is 4.67. The van der Waals surface area contributed by atoms with Crippen LogP contribution in [0, 0.1) is 0 Å². The number of nitrogens with zero attached hydrogens (tertiary/aromatic N) is 4. The molecular weight excluding hydrogens is 392 g/mol. The lowest BCUT2D eigenvalue weighted by atomic mass is 10.1. The number of amidine groups is 1. The van der Waals surface area contributed by atoms with Crippen LogP contribution in [0.25, 0.3) is 17.0 Å². The number of carbonyl (C=O) groups is 1. The molecule has 0 aliphatic carbocycles. The van der Waals surface area contributed by atoms with Crippen molar-refractivity contribution in [3.63, 3.8) is 0 Å². The minimum atomic E-state index is -0.158. The summed E-state index contributed by atoms with van der Waals surface area (Å²) in [7, 11) is 0. The van der Waals surface area contributed by atoms with Gasteiger partial charge in [-0.15, -0.1) is 0 Å². The Labute approximate surface area is 180 Å². The summed E-state index contributed by atoms with van der Waals surface area (Å²) in [4.78, 5) is 26.6. The van der Waals surface area contributed by atoms with Crippen molar-refractivity contribution < 1.29 is 4.79 Å². The highest BCUT2D eigenvalue weighted by atomic mass is 32.2. The molecule has 0 unspecified atom stereocenters. The van der Waals surface area contributed by atoms with Crippen molar-refractivity contribution in [2.45, 2.75) is 6.54 Å². The third-order valence-corrected chi connectivity index (χ3v) is 6.45. The van der Waals surface area contributed by atoms with Crippen LogP contribution in [-0.2, 0) is 11.3 Å². The highest BCUT2D eigenvalue weighted by Crippen LogP contribution is 2.31. The van der Waals surface area contributed by atoms with E-state index < -0.39 is 0 Å². The maximum atomic E-state index is 12.5. The lowest BCUT2D eigenvalue weighted by molar-refractivity contribution is -0.113. The second-order valence-corrected chi connectivity index (χ2v) is 8.53. The number of rotatable bonds is 3. The van der Waals surface area contributed by atoms with Crippen molar-refractivity contribution in [2.75, 3.05) is 26.2 Å². The summed E-state index contributed by atoms with van der Waals surface area (Å²) in [5, 5.41) is 1.89. The summed E-state index contributed by atoms with van der Waals surface area (Å²) < 4.78 is 0. The van der Waals surface area contributed by atoms with Crippen molar-refractivity contribution in [3.05, 3.63) is 82.9 Å². The van der Waals surface area contributed by atoms with Crippen LogP contribution in [0.5, 0.6) is 0 Å². The third kappa shape index (κ3) is 4.15. The molecule has 0 radical (unpaired) electrons. The molecule has 0 N–H and O–H groups in total. The standard InChI is InChI=1S/C24H22N4OS/c29-23-22(15-19-14-20-8-4-5-9-21(20)25-16-19)30-24(26-23)28-12-10-27(11-13-28)17-18-6-2-1-3-7-18/h1-9,14-16H,10-13,17H2/b22-15+. The molecule has 3 heterocycles. The van der Waals surface area contributed by atoms with Gasteiger partial charge >= 0.3 is 0 Å². The molecule has 5 rings (SSSR count). The maximum absolute atomic E-state index is 12.5. The fourth-order valence-electron chi connectivity index (χ4n) is 3.79. The predicted molar refractivity (Wildman–Crippen MR) is 123 cm³/mol. The number of fused-ring (bicyclic) bond motifs is 1. The third-order valence-electron chi connectivity index (χ3n) is 5.41. The zero-order valence-corrected chi connectivity index (χ0v) is 17.4. The molecule has 1 saturated heterocycles. The smallest absolute Gasteiger partial charge is 0.286 e. The molecule has 30 heavy (non-hydrogen) atoms. The Morgan fingerprint density at radius 1 is 0.967 bits per heavy atom. The number of hydrogen-bond acceptors (Lipinski definition) is 5. The summed E-state index contributed by atoms with van der Waals surface area (Å²) in [5.41, 5.74) is 3.21. The van der Waals surface area contributed by atoms with Crippen LogP contribution in [-0.4, -0.2) is 52.0 Å². The minimum absolute atomic E-state index is 0.158. The minimum Gasteiger partial charge on any atom is -0.348 e. The van der Waals surface area contributed by atoms with Crippen molar-refractivity contribution in [1.29, 1.82) is 0 Å². The number of aromatic nitrogens is 1. The zero-order chi connectivity index (χ0) is 20.3. The molecule has 0 saturated carbocycles. The van der Waals surface area contributed by atoms with E-state index in [1.807, 2.05) is 42.6 Å². The van der Waals surface area contributed by atoms with E-state index in [4.69, 9.17) is 0 Å². The lowest BCUT2D eigenvalue weighted by Gasteiger charge is -2.35. The quantitative estimate of drug-likeness (QED) is 0.606. The fourth-order valence-corrected chi connectivity index (χ4v) is 4.76. The van der Waals surface area contributed by atoms with Gasteiger partial charge in [0.05, 0.1) is 10.4 Å². The first-order valence-corrected chi connectivity index (χ1v) is 10.9. The topological polar surface area (TPSA) is 48.8 Å². The van der Waals surface area contributed by atoms with E-state index in [2.05, 4.69) is 50.1 Å². The van der Waals surface area contributed by atoms with Crippen LogP contribution in [0.4, 0.5) is 0 Å². The van der Waals surface area contributed by atoms with Crippen molar-refractivity contribution in [3.8, 4) is 0 Å². The van der Waals surface area contributed by atoms with Crippen LogP contribution in [0.2, 0.25) is 0 Å². The monoisotopic (exact) mass is 414 g/mol. The van der Waals surface area contributed by atoms with E-state index in [0.29, 0.717) is 4.91 Å². The average molecular weight is 415 g/mol. The van der Waals surface area contributed by atoms with Gasteiger partial charge in [-0.1, -0.05) is 48.5 Å². The van der Waals surface area contributed by atoms with Crippen molar-refractivity contribution in [2.24, 2.45) is 4.99 Å². The molecule has 5 nitrogen and oxygen atoms in total. The van der Waals surface area contributed by atoms with Crippen LogP contribution in [0.1, 0.15) is 11.1 Å². The van der Waals surface area contributed by atoms with Crippen LogP contribution in [0.15, 0.2) is 76.8 Å². The van der Waals surface area contributed by atoms with E-state index >= 15 is 0 Å². The molecule has 1 aromatic heterocycles. The number of aliphatic imine (C=N–C) groups is 1. The van der Waals surface area contributed by atoms with Gasteiger partial charge in [0.2, 0.25) is 0 Å². The molecule has 6 heteroatoms. The SMILES string of the molecule is O=C1N=C(N2CCN(Cc3ccccc3)CC2)S/C1=C/c1cnc2ccccc2c1. The van der Waals surface area contributed by atoms with Gasteiger partial charge in [-0.25, -0.2) is 0 Å². The molecular formula is C24H22N4OS. The summed E-state index contributed by atoms with van der Waals surface area (Å²) >= 11 is 1.47. The second-order valence-electron chi connectivity index (χ2n) is 7.52. The number of pyridine rings is 1. The molecule has 1 amide bonds. The van der Waals surface area contributed by atoms with Crippen LogP contribution < -0.4 is 0 Å². The normalized spacial score (nSPS) is 18.9. The molecule has 0 spiro atoms. The van der Waals surface area contributed by atoms with Crippen molar-refractivity contribution in [1.82, 2.24) is 14.8 Å². The number of hydrogen-bond donors (Lipinski definition) is 0. The summed E-state index contributed by atoms with van der Waals surface area (Å²) in [6.07, 6.45) is 3.71. The Morgan fingerprint density at radius 2 is 1.73 bits per heavy atom. The van der Waals surface area contributed by atoms with Gasteiger partial charge in [-0.2, -0.15) is 4.99 Å². The van der Waals surface area contributed by atoms with Gasteiger partial charge in [-0.05, 0) is 41.1 Å². The summed E-state index contributed by atoms with van der Waals surface area (Å²) in [6, 6.07) is 20.6. The molecule has 0 atom stereocenters. The van der Waals surface area contributed by atoms with Gasteiger partial charge in [0.25, 0.3) is 5.91 Å². The van der Waals surface area contributed by atoms with Gasteiger partial charge in [-0.3, -0.25) is 14.7 Å². The summed E-state index contributed by atoms with van der Waals surface area (Å²) in [5.74, 6) is -0.158. The van der Waals surface area contributed by atoms with E-state index in [9.17, 15) is 4.79 Å². The number of thioether (sulfide) groups is 1. The number of benzene rings is 2. The fraction of sp³-hybridized carbons (Fsp3) is 0.208.